The Labute approximate surface area is 229 Å². The number of hydrogen-bond donors (Lipinski definition) is 3. The van der Waals surface area contributed by atoms with Gasteiger partial charge in [-0.2, -0.15) is 0 Å². The summed E-state index contributed by atoms with van der Waals surface area (Å²) in [7, 11) is 0. The number of alkyl carbamates (subject to hydrolysis) is 1. The lowest BCUT2D eigenvalue weighted by atomic mass is 9.83. The fourth-order valence-electron chi connectivity index (χ4n) is 6.09. The second kappa shape index (κ2) is 11.7. The minimum atomic E-state index is -0.996. The molecule has 1 aliphatic heterocycles. The Bertz CT molecular complexity index is 887. The number of rotatable bonds is 10. The average molecular weight is 562 g/mol. The Balaban J connectivity index is 1.84. The van der Waals surface area contributed by atoms with Crippen LogP contribution < -0.4 is 16.4 Å². The van der Waals surface area contributed by atoms with Crippen molar-refractivity contribution in [3.05, 3.63) is 0 Å². The first-order valence-electron chi connectivity index (χ1n) is 13.5. The zero-order valence-electron chi connectivity index (χ0n) is 22.5. The highest BCUT2D eigenvalue weighted by atomic mass is 35.5. The lowest BCUT2D eigenvalue weighted by molar-refractivity contribution is -0.138. The molecule has 0 aromatic heterocycles. The van der Waals surface area contributed by atoms with Gasteiger partial charge in [-0.3, -0.25) is 14.4 Å². The van der Waals surface area contributed by atoms with Crippen LogP contribution in [0.5, 0.6) is 0 Å². The van der Waals surface area contributed by atoms with Crippen molar-refractivity contribution in [2.45, 2.75) is 114 Å². The summed E-state index contributed by atoms with van der Waals surface area (Å²) in [5.74, 6) is -2.19. The van der Waals surface area contributed by atoms with Crippen LogP contribution in [0.25, 0.3) is 0 Å². The third-order valence-corrected chi connectivity index (χ3v) is 8.90. The number of nitrogens with zero attached hydrogens (tertiary/aromatic N) is 1. The van der Waals surface area contributed by atoms with E-state index in [9.17, 15) is 19.2 Å². The van der Waals surface area contributed by atoms with Gasteiger partial charge in [0.25, 0.3) is 5.91 Å². The number of primary amides is 1. The van der Waals surface area contributed by atoms with E-state index in [0.29, 0.717) is 19.4 Å². The molecule has 0 aromatic carbocycles. The zero-order chi connectivity index (χ0) is 27.7. The first kappa shape index (κ1) is 30.0. The molecule has 37 heavy (non-hydrogen) atoms. The molecule has 4 N–H and O–H groups in total. The molecule has 1 saturated heterocycles. The van der Waals surface area contributed by atoms with E-state index >= 15 is 0 Å². The number of piperidine rings is 1. The molecule has 0 spiro atoms. The summed E-state index contributed by atoms with van der Waals surface area (Å²) >= 11 is 13.2. The van der Waals surface area contributed by atoms with Crippen LogP contribution in [-0.4, -0.2) is 69.2 Å². The quantitative estimate of drug-likeness (QED) is 0.277. The van der Waals surface area contributed by atoms with E-state index in [4.69, 9.17) is 33.7 Å². The lowest BCUT2D eigenvalue weighted by Gasteiger charge is -2.39. The van der Waals surface area contributed by atoms with Crippen molar-refractivity contribution < 1.29 is 23.9 Å². The highest BCUT2D eigenvalue weighted by molar-refractivity contribution is 6.51. The van der Waals surface area contributed by atoms with Gasteiger partial charge in [0.05, 0.1) is 12.1 Å². The van der Waals surface area contributed by atoms with Crippen LogP contribution in [0, 0.1) is 17.8 Å². The van der Waals surface area contributed by atoms with Crippen molar-refractivity contribution in [3.63, 3.8) is 0 Å². The third kappa shape index (κ3) is 6.90. The van der Waals surface area contributed by atoms with Gasteiger partial charge in [-0.25, -0.2) is 4.79 Å². The fourth-order valence-corrected chi connectivity index (χ4v) is 6.94. The van der Waals surface area contributed by atoms with Crippen molar-refractivity contribution in [3.8, 4) is 0 Å². The standard InChI is InChI=1S/C26H42Cl2N4O5/c1-6-10-17(21(33)22(29)34)30-14(2)20-18-16(26(18,27)28)13-32(20)23(35)19(15-11-8-7-9-12-15)31-24(36)37-25(3,4)5/h14-20,30H,6-13H2,1-5H3,(H2,29,34)(H,31,36)/t14?,16-,17?,18-,19-,20+/m0/s1. The number of carbonyl (C=O) groups excluding carboxylic acids is 4. The molecule has 11 heteroatoms. The van der Waals surface area contributed by atoms with Gasteiger partial charge in [0.2, 0.25) is 11.7 Å². The number of hydrogen-bond acceptors (Lipinski definition) is 6. The molecular weight excluding hydrogens is 519 g/mol. The summed E-state index contributed by atoms with van der Waals surface area (Å²) < 4.78 is 4.51. The van der Waals surface area contributed by atoms with Crippen LogP contribution in [0.1, 0.15) is 79.6 Å². The minimum Gasteiger partial charge on any atom is -0.444 e. The molecule has 0 aromatic rings. The Morgan fingerprint density at radius 3 is 2.30 bits per heavy atom. The molecular formula is C26H42Cl2N4O5. The van der Waals surface area contributed by atoms with E-state index in [1.54, 1.807) is 25.7 Å². The zero-order valence-corrected chi connectivity index (χ0v) is 24.0. The molecule has 210 valence electrons. The number of halogens is 2. The van der Waals surface area contributed by atoms with Crippen molar-refractivity contribution >= 4 is 46.9 Å². The molecule has 2 aliphatic carbocycles. The maximum absolute atomic E-state index is 14.1. The fraction of sp³-hybridized carbons (Fsp3) is 0.846. The molecule has 3 aliphatic rings. The second-order valence-electron chi connectivity index (χ2n) is 11.8. The van der Waals surface area contributed by atoms with Crippen LogP contribution in [0.4, 0.5) is 4.79 Å². The number of ether oxygens (including phenoxy) is 1. The second-order valence-corrected chi connectivity index (χ2v) is 13.3. The first-order chi connectivity index (χ1) is 17.2. The highest BCUT2D eigenvalue weighted by Gasteiger charge is 2.73. The summed E-state index contributed by atoms with van der Waals surface area (Å²) in [6.07, 6.45) is 5.25. The van der Waals surface area contributed by atoms with Gasteiger partial charge >= 0.3 is 6.09 Å². The van der Waals surface area contributed by atoms with Gasteiger partial charge in [0.1, 0.15) is 16.0 Å². The van der Waals surface area contributed by atoms with Gasteiger partial charge in [0, 0.05) is 24.4 Å². The number of Topliss-reactive ketones (excluding diaryl/α,β-unsaturated/α-hetero) is 1. The van der Waals surface area contributed by atoms with Gasteiger partial charge in [-0.15, -0.1) is 23.2 Å². The van der Waals surface area contributed by atoms with Crippen LogP contribution in [0.15, 0.2) is 0 Å². The van der Waals surface area contributed by atoms with Crippen molar-refractivity contribution in [1.82, 2.24) is 15.5 Å². The topological polar surface area (TPSA) is 131 Å². The number of nitrogens with one attached hydrogen (secondary N) is 2. The smallest absolute Gasteiger partial charge is 0.408 e. The van der Waals surface area contributed by atoms with Crippen LogP contribution in [-0.2, 0) is 19.1 Å². The van der Waals surface area contributed by atoms with Crippen LogP contribution in [0.2, 0.25) is 0 Å². The van der Waals surface area contributed by atoms with E-state index in [2.05, 4.69) is 10.6 Å². The van der Waals surface area contributed by atoms with Gasteiger partial charge < -0.3 is 26.0 Å². The molecule has 2 saturated carbocycles. The molecule has 6 atom stereocenters. The van der Waals surface area contributed by atoms with E-state index < -0.39 is 51.9 Å². The summed E-state index contributed by atoms with van der Waals surface area (Å²) in [5, 5.41) is 6.11. The number of ketones is 1. The number of nitrogens with two attached hydrogens (primary N) is 1. The number of amides is 3. The first-order valence-corrected chi connectivity index (χ1v) is 14.2. The summed E-state index contributed by atoms with van der Waals surface area (Å²) in [5.41, 5.74) is 4.58. The number of carbonyl (C=O) groups is 4. The van der Waals surface area contributed by atoms with Crippen LogP contribution >= 0.6 is 23.2 Å². The Kier molecular flexibility index (Phi) is 9.44. The van der Waals surface area contributed by atoms with E-state index in [-0.39, 0.29) is 23.7 Å². The molecule has 2 unspecified atom stereocenters. The average Bonchev–Trinajstić information content (AvgIpc) is 3.14. The monoisotopic (exact) mass is 560 g/mol. The Hall–Kier alpha value is -1.58. The molecule has 3 rings (SSSR count). The van der Waals surface area contributed by atoms with Crippen LogP contribution in [0.3, 0.4) is 0 Å². The maximum atomic E-state index is 14.1. The highest BCUT2D eigenvalue weighted by Crippen LogP contribution is 2.66. The molecule has 0 bridgehead atoms. The number of alkyl halides is 2. The molecule has 9 nitrogen and oxygen atoms in total. The van der Waals surface area contributed by atoms with Gasteiger partial charge in [-0.1, -0.05) is 32.6 Å². The predicted octanol–water partition coefficient (Wildman–Crippen LogP) is 3.29. The Morgan fingerprint density at radius 1 is 1.14 bits per heavy atom. The minimum absolute atomic E-state index is 0.00403. The van der Waals surface area contributed by atoms with Gasteiger partial charge in [-0.05, 0) is 52.9 Å². The van der Waals surface area contributed by atoms with Crippen molar-refractivity contribution in [1.29, 1.82) is 0 Å². The summed E-state index contributed by atoms with van der Waals surface area (Å²) in [6.45, 7) is 9.47. The number of fused-ring (bicyclic) bond motifs is 1. The lowest BCUT2D eigenvalue weighted by Crippen LogP contribution is -2.60. The third-order valence-electron chi connectivity index (χ3n) is 7.84. The molecule has 3 fully saturated rings. The van der Waals surface area contributed by atoms with E-state index in [0.717, 1.165) is 32.1 Å². The maximum Gasteiger partial charge on any atom is 0.408 e. The van der Waals surface area contributed by atoms with Crippen molar-refractivity contribution in [2.75, 3.05) is 6.54 Å². The van der Waals surface area contributed by atoms with Gasteiger partial charge in [0.15, 0.2) is 0 Å². The van der Waals surface area contributed by atoms with E-state index in [1.807, 2.05) is 13.8 Å². The molecule has 3 amide bonds. The summed E-state index contributed by atoms with van der Waals surface area (Å²) in [6, 6.07) is -2.31. The van der Waals surface area contributed by atoms with E-state index in [1.165, 1.54) is 0 Å². The predicted molar refractivity (Wildman–Crippen MR) is 142 cm³/mol. The number of likely N-dealkylation sites (tertiary alicyclic amines) is 1. The SMILES string of the molecule is CCCC(NC(C)[C@@H]1[C@@H]2[C@H](CN1C(=O)[C@@H](NC(=O)OC(C)(C)C)C1CCCCC1)C2(Cl)Cl)C(=O)C(N)=O. The summed E-state index contributed by atoms with van der Waals surface area (Å²) in [4.78, 5) is 52.6. The normalized spacial score (nSPS) is 27.5. The largest absolute Gasteiger partial charge is 0.444 e. The Morgan fingerprint density at radius 2 is 1.76 bits per heavy atom. The van der Waals surface area contributed by atoms with Crippen molar-refractivity contribution in [2.24, 2.45) is 23.5 Å². The molecule has 1 heterocycles. The molecule has 0 radical (unpaired) electrons.